The van der Waals surface area contributed by atoms with Gasteiger partial charge in [0, 0.05) is 11.5 Å². The zero-order valence-corrected chi connectivity index (χ0v) is 12.4. The smallest absolute Gasteiger partial charge is 0.162 e. The van der Waals surface area contributed by atoms with Crippen LogP contribution in [0.3, 0.4) is 0 Å². The summed E-state index contributed by atoms with van der Waals surface area (Å²) in [4.78, 5) is 8.23. The van der Waals surface area contributed by atoms with Crippen LogP contribution in [0.25, 0.3) is 10.9 Å². The van der Waals surface area contributed by atoms with Crippen LogP contribution in [0.5, 0.6) is 11.5 Å². The van der Waals surface area contributed by atoms with E-state index < -0.39 is 11.5 Å². The van der Waals surface area contributed by atoms with Crippen molar-refractivity contribution in [2.75, 3.05) is 12.4 Å². The molecule has 7 heteroatoms. The second kappa shape index (κ2) is 5.81. The standard InChI is InChI=1S/C15H13ClFN3O2/c1-22-13-6-11-8(5-12(13)21)15(19-7-18-11)20-10-4-2-3-9(16)14(10)17/h2-7,9,14,21H,1H3,(H,18,19,20). The summed E-state index contributed by atoms with van der Waals surface area (Å²) >= 11 is 5.88. The summed E-state index contributed by atoms with van der Waals surface area (Å²) in [5.74, 6) is 0.648. The molecule has 0 fully saturated rings. The summed E-state index contributed by atoms with van der Waals surface area (Å²) in [6.07, 6.45) is 4.85. The van der Waals surface area contributed by atoms with E-state index in [1.165, 1.54) is 19.5 Å². The lowest BCUT2D eigenvalue weighted by Gasteiger charge is -2.20. The molecule has 0 saturated carbocycles. The number of aromatic nitrogens is 2. The summed E-state index contributed by atoms with van der Waals surface area (Å²) in [6, 6.07) is 3.06. The fourth-order valence-corrected chi connectivity index (χ4v) is 2.43. The first-order valence-corrected chi connectivity index (χ1v) is 6.99. The highest BCUT2D eigenvalue weighted by atomic mass is 35.5. The van der Waals surface area contributed by atoms with Crippen molar-refractivity contribution < 1.29 is 14.2 Å². The number of alkyl halides is 2. The number of anilines is 1. The van der Waals surface area contributed by atoms with Gasteiger partial charge in [-0.15, -0.1) is 11.6 Å². The number of methoxy groups -OCH3 is 1. The average molecular weight is 322 g/mol. The number of nitrogens with one attached hydrogen (secondary N) is 1. The van der Waals surface area contributed by atoms with E-state index in [9.17, 15) is 9.50 Å². The molecule has 0 spiro atoms. The Bertz CT molecular complexity index is 779. The van der Waals surface area contributed by atoms with Gasteiger partial charge in [0.05, 0.1) is 23.7 Å². The molecule has 2 N–H and O–H groups in total. The summed E-state index contributed by atoms with van der Waals surface area (Å²) in [7, 11) is 1.45. The van der Waals surface area contributed by atoms with E-state index in [-0.39, 0.29) is 5.75 Å². The molecule has 0 bridgehead atoms. The Morgan fingerprint density at radius 2 is 2.18 bits per heavy atom. The molecule has 1 aromatic heterocycles. The normalized spacial score (nSPS) is 20.8. The number of ether oxygens (including phenoxy) is 1. The molecule has 5 nitrogen and oxygen atoms in total. The van der Waals surface area contributed by atoms with E-state index in [0.717, 1.165) is 0 Å². The third-order valence-corrected chi connectivity index (χ3v) is 3.71. The Hall–Kier alpha value is -2.34. The molecule has 2 atom stereocenters. The zero-order valence-electron chi connectivity index (χ0n) is 11.6. The predicted octanol–water partition coefficient (Wildman–Crippen LogP) is 3.16. The fourth-order valence-electron chi connectivity index (χ4n) is 2.21. The van der Waals surface area contributed by atoms with Crippen molar-refractivity contribution in [1.29, 1.82) is 0 Å². The Morgan fingerprint density at radius 1 is 1.36 bits per heavy atom. The van der Waals surface area contributed by atoms with Crippen molar-refractivity contribution in [1.82, 2.24) is 9.97 Å². The number of phenolic OH excluding ortho intramolecular Hbond substituents is 1. The molecule has 2 aromatic rings. The summed E-state index contributed by atoms with van der Waals surface area (Å²) in [6.45, 7) is 0. The number of rotatable bonds is 3. The van der Waals surface area contributed by atoms with Crippen LogP contribution in [0.2, 0.25) is 0 Å². The number of aromatic hydroxyl groups is 1. The Balaban J connectivity index is 2.03. The summed E-state index contributed by atoms with van der Waals surface area (Å²) in [5, 5.41) is 12.6. The largest absolute Gasteiger partial charge is 0.504 e. The van der Waals surface area contributed by atoms with Gasteiger partial charge in [-0.25, -0.2) is 14.4 Å². The van der Waals surface area contributed by atoms with Crippen molar-refractivity contribution >= 4 is 28.3 Å². The van der Waals surface area contributed by atoms with Crippen molar-refractivity contribution in [2.24, 2.45) is 0 Å². The first-order valence-electron chi connectivity index (χ1n) is 6.55. The van der Waals surface area contributed by atoms with E-state index >= 15 is 0 Å². The average Bonchev–Trinajstić information content (AvgIpc) is 2.52. The lowest BCUT2D eigenvalue weighted by molar-refractivity contribution is 0.374. The maximum Gasteiger partial charge on any atom is 0.162 e. The molecule has 1 aromatic carbocycles. The molecule has 3 rings (SSSR count). The molecule has 0 aliphatic heterocycles. The highest BCUT2D eigenvalue weighted by Gasteiger charge is 2.24. The number of allylic oxidation sites excluding steroid dienone is 4. The zero-order chi connectivity index (χ0) is 15.7. The minimum atomic E-state index is -1.36. The van der Waals surface area contributed by atoms with E-state index in [4.69, 9.17) is 16.3 Å². The van der Waals surface area contributed by atoms with Crippen LogP contribution in [-0.2, 0) is 0 Å². The lowest BCUT2D eigenvalue weighted by atomic mass is 10.1. The minimum Gasteiger partial charge on any atom is -0.504 e. The van der Waals surface area contributed by atoms with E-state index in [2.05, 4.69) is 15.3 Å². The Kier molecular flexibility index (Phi) is 3.85. The Morgan fingerprint density at radius 3 is 2.95 bits per heavy atom. The third-order valence-electron chi connectivity index (χ3n) is 3.35. The van der Waals surface area contributed by atoms with Gasteiger partial charge in [-0.2, -0.15) is 0 Å². The quantitative estimate of drug-likeness (QED) is 0.850. The number of halogens is 2. The SMILES string of the molecule is COc1cc2ncnc(NC3=CC=CC(Cl)C3F)c2cc1O. The number of hydrogen-bond acceptors (Lipinski definition) is 5. The second-order valence-corrected chi connectivity index (χ2v) is 5.25. The van der Waals surface area contributed by atoms with Crippen LogP contribution in [0.4, 0.5) is 10.2 Å². The van der Waals surface area contributed by atoms with Gasteiger partial charge in [0.25, 0.3) is 0 Å². The van der Waals surface area contributed by atoms with Crippen LogP contribution in [0.15, 0.2) is 42.4 Å². The third kappa shape index (κ3) is 2.57. The van der Waals surface area contributed by atoms with Crippen molar-refractivity contribution in [3.8, 4) is 11.5 Å². The van der Waals surface area contributed by atoms with Gasteiger partial charge in [0.15, 0.2) is 17.7 Å². The first-order chi connectivity index (χ1) is 10.6. The molecule has 0 amide bonds. The highest BCUT2D eigenvalue weighted by Crippen LogP contribution is 2.33. The number of hydrogen-bond donors (Lipinski definition) is 2. The molecule has 1 heterocycles. The van der Waals surface area contributed by atoms with Crippen LogP contribution in [0, 0.1) is 0 Å². The Labute approximate surface area is 131 Å². The van der Waals surface area contributed by atoms with Crippen LogP contribution >= 0.6 is 11.6 Å². The van der Waals surface area contributed by atoms with Gasteiger partial charge in [-0.3, -0.25) is 0 Å². The predicted molar refractivity (Wildman–Crippen MR) is 83.1 cm³/mol. The number of benzene rings is 1. The van der Waals surface area contributed by atoms with Crippen molar-refractivity contribution in [3.63, 3.8) is 0 Å². The molecular weight excluding hydrogens is 309 g/mol. The highest BCUT2D eigenvalue weighted by molar-refractivity contribution is 6.22. The fraction of sp³-hybridized carbons (Fsp3) is 0.200. The van der Waals surface area contributed by atoms with Crippen LogP contribution in [-0.4, -0.2) is 33.7 Å². The van der Waals surface area contributed by atoms with Crippen molar-refractivity contribution in [3.05, 3.63) is 42.4 Å². The number of fused-ring (bicyclic) bond motifs is 1. The molecule has 2 unspecified atom stereocenters. The number of nitrogens with zero attached hydrogens (tertiary/aromatic N) is 2. The lowest BCUT2D eigenvalue weighted by Crippen LogP contribution is -2.24. The van der Waals surface area contributed by atoms with Crippen LogP contribution < -0.4 is 10.1 Å². The van der Waals surface area contributed by atoms with Gasteiger partial charge in [-0.1, -0.05) is 12.2 Å². The summed E-state index contributed by atoms with van der Waals surface area (Å²) < 4.78 is 19.1. The van der Waals surface area contributed by atoms with Gasteiger partial charge in [-0.05, 0) is 12.1 Å². The molecule has 114 valence electrons. The minimum absolute atomic E-state index is 0.0441. The second-order valence-electron chi connectivity index (χ2n) is 4.74. The summed E-state index contributed by atoms with van der Waals surface area (Å²) in [5.41, 5.74) is 0.870. The van der Waals surface area contributed by atoms with Crippen LogP contribution in [0.1, 0.15) is 0 Å². The monoisotopic (exact) mass is 321 g/mol. The maximum absolute atomic E-state index is 14.1. The van der Waals surface area contributed by atoms with E-state index in [1.54, 1.807) is 24.3 Å². The van der Waals surface area contributed by atoms with Gasteiger partial charge < -0.3 is 15.2 Å². The topological polar surface area (TPSA) is 67.3 Å². The molecule has 22 heavy (non-hydrogen) atoms. The molecular formula is C15H13ClFN3O2. The number of phenols is 1. The first kappa shape index (κ1) is 14.6. The maximum atomic E-state index is 14.1. The van der Waals surface area contributed by atoms with Gasteiger partial charge in [0.2, 0.25) is 0 Å². The van der Waals surface area contributed by atoms with Gasteiger partial charge >= 0.3 is 0 Å². The molecule has 0 radical (unpaired) electrons. The van der Waals surface area contributed by atoms with E-state index in [0.29, 0.717) is 28.2 Å². The molecule has 1 aliphatic carbocycles. The van der Waals surface area contributed by atoms with E-state index in [1.807, 2.05) is 0 Å². The van der Waals surface area contributed by atoms with Gasteiger partial charge in [0.1, 0.15) is 12.1 Å². The van der Waals surface area contributed by atoms with Crippen molar-refractivity contribution in [2.45, 2.75) is 11.5 Å². The molecule has 1 aliphatic rings. The molecule has 0 saturated heterocycles.